The van der Waals surface area contributed by atoms with Crippen LogP contribution in [0.4, 0.5) is 0 Å². The van der Waals surface area contributed by atoms with E-state index in [0.717, 1.165) is 57.8 Å². The van der Waals surface area contributed by atoms with Gasteiger partial charge in [-0.2, -0.15) is 0 Å². The summed E-state index contributed by atoms with van der Waals surface area (Å²) < 4.78 is 0. The van der Waals surface area contributed by atoms with E-state index in [-0.39, 0.29) is 12.8 Å². The summed E-state index contributed by atoms with van der Waals surface area (Å²) in [6, 6.07) is 0. The van der Waals surface area contributed by atoms with Crippen LogP contribution in [-0.4, -0.2) is 45.2 Å². The van der Waals surface area contributed by atoms with Crippen LogP contribution in [0.25, 0.3) is 0 Å². The second-order valence-corrected chi connectivity index (χ2v) is 9.17. The number of aliphatic hydroxyl groups is 3. The maximum absolute atomic E-state index is 12.4. The fourth-order valence-corrected chi connectivity index (χ4v) is 3.85. The Labute approximate surface area is 196 Å². The number of rotatable bonds is 23. The van der Waals surface area contributed by atoms with Gasteiger partial charge in [0.2, 0.25) is 0 Å². The number of carbonyl (C=O) groups is 2. The van der Waals surface area contributed by atoms with Crippen molar-refractivity contribution in [3.8, 4) is 0 Å². The summed E-state index contributed by atoms with van der Waals surface area (Å²) in [6.45, 7) is 3.40. The van der Waals surface area contributed by atoms with E-state index in [0.29, 0.717) is 12.8 Å². The second kappa shape index (κ2) is 20.6. The maximum atomic E-state index is 12.4. The Kier molecular flexibility index (Phi) is 19.9. The van der Waals surface area contributed by atoms with E-state index in [1.807, 2.05) is 0 Å². The number of hydrogen-bond acceptors (Lipinski definition) is 5. The molecule has 5 heteroatoms. The van der Waals surface area contributed by atoms with E-state index in [1.165, 1.54) is 32.1 Å². The minimum atomic E-state index is -2.37. The van der Waals surface area contributed by atoms with Gasteiger partial charge in [-0.25, -0.2) is 0 Å². The largest absolute Gasteiger partial charge is 0.393 e. The Morgan fingerprint density at radius 2 is 1.16 bits per heavy atom. The van der Waals surface area contributed by atoms with Gasteiger partial charge >= 0.3 is 0 Å². The van der Waals surface area contributed by atoms with Crippen molar-refractivity contribution in [3.63, 3.8) is 0 Å². The lowest BCUT2D eigenvalue weighted by Crippen LogP contribution is -2.55. The lowest BCUT2D eigenvalue weighted by molar-refractivity contribution is -0.165. The molecule has 0 aliphatic rings. The predicted molar refractivity (Wildman–Crippen MR) is 132 cm³/mol. The van der Waals surface area contributed by atoms with E-state index in [1.54, 1.807) is 0 Å². The van der Waals surface area contributed by atoms with Crippen molar-refractivity contribution in [1.82, 2.24) is 0 Å². The molecule has 0 aliphatic carbocycles. The van der Waals surface area contributed by atoms with Gasteiger partial charge in [-0.3, -0.25) is 9.59 Å². The molecule has 3 N–H and O–H groups in total. The van der Waals surface area contributed by atoms with Gasteiger partial charge < -0.3 is 15.3 Å². The first-order chi connectivity index (χ1) is 15.4. The molecule has 0 saturated heterocycles. The minimum Gasteiger partial charge on any atom is -0.393 e. The van der Waals surface area contributed by atoms with Crippen molar-refractivity contribution < 1.29 is 24.9 Å². The summed E-state index contributed by atoms with van der Waals surface area (Å²) >= 11 is 0. The van der Waals surface area contributed by atoms with E-state index in [2.05, 4.69) is 26.0 Å². The van der Waals surface area contributed by atoms with Crippen molar-refractivity contribution in [2.45, 2.75) is 141 Å². The van der Waals surface area contributed by atoms with Crippen molar-refractivity contribution in [1.29, 1.82) is 0 Å². The number of allylic oxidation sites excluding steroid dienone is 2. The third-order valence-corrected chi connectivity index (χ3v) is 6.17. The molecule has 32 heavy (non-hydrogen) atoms. The topological polar surface area (TPSA) is 94.8 Å². The molecule has 0 rings (SSSR count). The van der Waals surface area contributed by atoms with Crippen LogP contribution in [0.15, 0.2) is 12.2 Å². The van der Waals surface area contributed by atoms with Crippen LogP contribution >= 0.6 is 0 Å². The summed E-state index contributed by atoms with van der Waals surface area (Å²) in [5, 5.41) is 30.2. The Morgan fingerprint density at radius 1 is 0.719 bits per heavy atom. The Bertz CT molecular complexity index is 502. The molecular weight excluding hydrogens is 404 g/mol. The Balaban J connectivity index is 4.02. The normalized spacial score (nSPS) is 14.5. The number of ketones is 2. The summed E-state index contributed by atoms with van der Waals surface area (Å²) in [5.41, 5.74) is -2.37. The van der Waals surface area contributed by atoms with Crippen LogP contribution < -0.4 is 0 Å². The highest BCUT2D eigenvalue weighted by molar-refractivity contribution is 5.96. The smallest absolute Gasteiger partial charge is 0.178 e. The molecular formula is C27H50O5. The van der Waals surface area contributed by atoms with E-state index in [9.17, 15) is 24.9 Å². The average Bonchev–Trinajstić information content (AvgIpc) is 2.80. The van der Waals surface area contributed by atoms with Gasteiger partial charge in [0.15, 0.2) is 23.3 Å². The van der Waals surface area contributed by atoms with Gasteiger partial charge in [-0.15, -0.1) is 0 Å². The fraction of sp³-hybridized carbons (Fsp3) is 0.852. The van der Waals surface area contributed by atoms with Crippen molar-refractivity contribution in [2.24, 2.45) is 0 Å². The van der Waals surface area contributed by atoms with Crippen LogP contribution in [0.1, 0.15) is 129 Å². The van der Waals surface area contributed by atoms with Gasteiger partial charge in [0.05, 0.1) is 6.61 Å². The molecule has 0 radical (unpaired) electrons. The molecule has 0 fully saturated rings. The number of aliphatic hydroxyl groups excluding tert-OH is 2. The molecule has 188 valence electrons. The number of hydrogen-bond donors (Lipinski definition) is 3. The molecule has 0 aliphatic heterocycles. The van der Waals surface area contributed by atoms with Crippen molar-refractivity contribution in [2.75, 3.05) is 6.61 Å². The first-order valence-electron chi connectivity index (χ1n) is 13.2. The first-order valence-corrected chi connectivity index (χ1v) is 13.2. The van der Waals surface area contributed by atoms with Crippen LogP contribution in [0, 0.1) is 0 Å². The molecule has 0 heterocycles. The highest BCUT2D eigenvalue weighted by atomic mass is 16.4. The Hall–Kier alpha value is -1.04. The maximum Gasteiger partial charge on any atom is 0.178 e. The first kappa shape index (κ1) is 31.0. The van der Waals surface area contributed by atoms with E-state index >= 15 is 0 Å². The van der Waals surface area contributed by atoms with Crippen molar-refractivity contribution >= 4 is 11.6 Å². The quantitative estimate of drug-likeness (QED) is 0.133. The molecule has 0 saturated carbocycles. The van der Waals surface area contributed by atoms with Crippen LogP contribution in [-0.2, 0) is 9.59 Å². The zero-order valence-electron chi connectivity index (χ0n) is 20.8. The number of unbranched alkanes of at least 4 members (excludes halogenated alkanes) is 13. The summed E-state index contributed by atoms with van der Waals surface area (Å²) in [6.07, 6.45) is 19.7. The molecule has 0 bridgehead atoms. The molecule has 0 spiro atoms. The van der Waals surface area contributed by atoms with Crippen LogP contribution in [0.2, 0.25) is 0 Å². The molecule has 0 aromatic heterocycles. The van der Waals surface area contributed by atoms with E-state index in [4.69, 9.17) is 0 Å². The highest BCUT2D eigenvalue weighted by Crippen LogP contribution is 2.20. The summed E-state index contributed by atoms with van der Waals surface area (Å²) in [5.74, 6) is -1.21. The molecule has 0 amide bonds. The standard InChI is InChI=1S/C27H50O5/c1-3-5-7-9-10-11-12-13-14-15-16-18-20-22-25(30)27(32,23-28)26(31)24(29)21-19-17-8-6-4-2/h11-12,26,28,31-32H,3-10,13-23H2,1-2H3. The van der Waals surface area contributed by atoms with Crippen LogP contribution in [0.5, 0.6) is 0 Å². The summed E-state index contributed by atoms with van der Waals surface area (Å²) in [4.78, 5) is 24.6. The second-order valence-electron chi connectivity index (χ2n) is 9.17. The molecule has 2 atom stereocenters. The third kappa shape index (κ3) is 14.2. The summed E-state index contributed by atoms with van der Waals surface area (Å²) in [7, 11) is 0. The molecule has 2 unspecified atom stereocenters. The highest BCUT2D eigenvalue weighted by Gasteiger charge is 2.45. The number of Topliss-reactive ketones (excluding diaryl/α,β-unsaturated/α-hetero) is 2. The molecule has 0 aromatic rings. The van der Waals surface area contributed by atoms with E-state index < -0.39 is 29.9 Å². The molecule has 5 nitrogen and oxygen atoms in total. The lowest BCUT2D eigenvalue weighted by Gasteiger charge is -2.29. The third-order valence-electron chi connectivity index (χ3n) is 6.17. The monoisotopic (exact) mass is 454 g/mol. The molecule has 0 aromatic carbocycles. The SMILES string of the molecule is CCCCCCC=CCCCCCCCC(=O)C(O)(CO)C(O)C(=O)CCCCCCC. The average molecular weight is 455 g/mol. The van der Waals surface area contributed by atoms with Crippen molar-refractivity contribution in [3.05, 3.63) is 12.2 Å². The van der Waals surface area contributed by atoms with Gasteiger partial charge in [0.1, 0.15) is 0 Å². The zero-order valence-corrected chi connectivity index (χ0v) is 20.8. The fourth-order valence-electron chi connectivity index (χ4n) is 3.85. The Morgan fingerprint density at radius 3 is 1.69 bits per heavy atom. The number of carbonyl (C=O) groups excluding carboxylic acids is 2. The van der Waals surface area contributed by atoms with Gasteiger partial charge in [0, 0.05) is 12.8 Å². The van der Waals surface area contributed by atoms with Gasteiger partial charge in [0.25, 0.3) is 0 Å². The van der Waals surface area contributed by atoms with Gasteiger partial charge in [-0.1, -0.05) is 90.2 Å². The van der Waals surface area contributed by atoms with Gasteiger partial charge in [-0.05, 0) is 38.5 Å². The lowest BCUT2D eigenvalue weighted by atomic mass is 9.85. The predicted octanol–water partition coefficient (Wildman–Crippen LogP) is 5.83. The van der Waals surface area contributed by atoms with Crippen LogP contribution in [0.3, 0.4) is 0 Å². The minimum absolute atomic E-state index is 0.0650. The zero-order chi connectivity index (χ0) is 24.1.